The standard InChI is InChI=1S/C38H32N12O2/c1-25-13-17-27(18-14-25)47-35(51)31-33(49(43-41-31)29-9-5-3-6-10-29)39-37(47)45-21-23-46(24-22-45)38-40-34-32(42-44-50(34)30-11-7-4-8-12-30)36(52)48(38)28-19-15-26(2)16-20-28/h3-20H,21-24H2,1-2H3. The van der Waals surface area contributed by atoms with Crippen molar-refractivity contribution in [3.05, 3.63) is 141 Å². The molecule has 0 aliphatic carbocycles. The van der Waals surface area contributed by atoms with Crippen LogP contribution in [-0.4, -0.2) is 75.3 Å². The minimum Gasteiger partial charge on any atom is -0.338 e. The van der Waals surface area contributed by atoms with Crippen LogP contribution in [0.5, 0.6) is 0 Å². The summed E-state index contributed by atoms with van der Waals surface area (Å²) in [6.07, 6.45) is 0. The van der Waals surface area contributed by atoms with Crippen molar-refractivity contribution in [2.75, 3.05) is 36.0 Å². The molecule has 0 bridgehead atoms. The van der Waals surface area contributed by atoms with E-state index in [0.717, 1.165) is 22.5 Å². The monoisotopic (exact) mass is 688 g/mol. The van der Waals surface area contributed by atoms with E-state index in [0.29, 0.717) is 60.7 Å². The molecule has 1 aliphatic rings. The molecule has 14 heteroatoms. The highest BCUT2D eigenvalue weighted by atomic mass is 16.1. The molecule has 0 saturated carbocycles. The summed E-state index contributed by atoms with van der Waals surface area (Å²) < 4.78 is 6.41. The van der Waals surface area contributed by atoms with E-state index in [1.165, 1.54) is 0 Å². The largest absolute Gasteiger partial charge is 0.338 e. The third-order valence-corrected chi connectivity index (χ3v) is 9.35. The molecule has 0 amide bonds. The zero-order valence-corrected chi connectivity index (χ0v) is 28.4. The first-order valence-electron chi connectivity index (χ1n) is 17.0. The molecule has 0 unspecified atom stereocenters. The van der Waals surface area contributed by atoms with Crippen molar-refractivity contribution < 1.29 is 0 Å². The third kappa shape index (κ3) is 5.19. The summed E-state index contributed by atoms with van der Waals surface area (Å²) in [4.78, 5) is 42.8. The second-order valence-corrected chi connectivity index (χ2v) is 12.8. The summed E-state index contributed by atoms with van der Waals surface area (Å²) in [7, 11) is 0. The first-order valence-corrected chi connectivity index (χ1v) is 17.0. The van der Waals surface area contributed by atoms with Gasteiger partial charge in [0, 0.05) is 26.2 Å². The number of para-hydroxylation sites is 2. The Morgan fingerprint density at radius 2 is 0.827 bits per heavy atom. The molecule has 5 heterocycles. The number of rotatable bonds is 6. The maximum Gasteiger partial charge on any atom is 0.289 e. The van der Waals surface area contributed by atoms with E-state index in [2.05, 4.69) is 30.4 Å². The topological polar surface area (TPSA) is 138 Å². The minimum atomic E-state index is -0.310. The Hall–Kier alpha value is -6.96. The molecule has 4 aromatic carbocycles. The molecule has 1 aliphatic heterocycles. The van der Waals surface area contributed by atoms with Gasteiger partial charge in [0.2, 0.25) is 11.9 Å². The Morgan fingerprint density at radius 3 is 1.19 bits per heavy atom. The summed E-state index contributed by atoms with van der Waals surface area (Å²) in [5.74, 6) is 0.956. The highest BCUT2D eigenvalue weighted by molar-refractivity contribution is 5.75. The predicted octanol–water partition coefficient (Wildman–Crippen LogP) is 4.19. The Bertz CT molecular complexity index is 2500. The lowest BCUT2D eigenvalue weighted by molar-refractivity contribution is 0.614. The van der Waals surface area contributed by atoms with E-state index in [1.807, 2.05) is 123 Å². The van der Waals surface area contributed by atoms with Crippen molar-refractivity contribution in [2.45, 2.75) is 13.8 Å². The maximum absolute atomic E-state index is 14.2. The van der Waals surface area contributed by atoms with Crippen LogP contribution in [-0.2, 0) is 0 Å². The number of aryl methyl sites for hydroxylation is 2. The van der Waals surface area contributed by atoms with Crippen LogP contribution < -0.4 is 20.9 Å². The lowest BCUT2D eigenvalue weighted by Crippen LogP contribution is -2.50. The molecule has 4 aromatic heterocycles. The van der Waals surface area contributed by atoms with Crippen LogP contribution in [0.3, 0.4) is 0 Å². The lowest BCUT2D eigenvalue weighted by atomic mass is 10.2. The van der Waals surface area contributed by atoms with Crippen molar-refractivity contribution in [1.82, 2.24) is 49.1 Å². The van der Waals surface area contributed by atoms with Crippen LogP contribution in [0.4, 0.5) is 11.9 Å². The van der Waals surface area contributed by atoms with Crippen LogP contribution in [0.2, 0.25) is 0 Å². The Labute approximate surface area is 296 Å². The van der Waals surface area contributed by atoms with Crippen molar-refractivity contribution in [1.29, 1.82) is 0 Å². The molecule has 0 radical (unpaired) electrons. The average Bonchev–Trinajstić information content (AvgIpc) is 3.82. The number of benzene rings is 4. The highest BCUT2D eigenvalue weighted by Crippen LogP contribution is 2.26. The molecular formula is C38H32N12O2. The van der Waals surface area contributed by atoms with Crippen LogP contribution in [0.25, 0.3) is 45.1 Å². The summed E-state index contributed by atoms with van der Waals surface area (Å²) in [5.41, 5.74) is 5.49. The van der Waals surface area contributed by atoms with Crippen molar-refractivity contribution in [3.63, 3.8) is 0 Å². The molecule has 8 aromatic rings. The number of piperazine rings is 1. The molecule has 0 atom stereocenters. The van der Waals surface area contributed by atoms with Crippen LogP contribution in [0.1, 0.15) is 11.1 Å². The van der Waals surface area contributed by atoms with Gasteiger partial charge in [-0.05, 0) is 62.4 Å². The third-order valence-electron chi connectivity index (χ3n) is 9.35. The zero-order chi connectivity index (χ0) is 35.3. The molecule has 9 rings (SSSR count). The number of nitrogens with zero attached hydrogens (tertiary/aromatic N) is 12. The minimum absolute atomic E-state index is 0.176. The van der Waals surface area contributed by atoms with Crippen LogP contribution in [0, 0.1) is 13.8 Å². The second-order valence-electron chi connectivity index (χ2n) is 12.8. The van der Waals surface area contributed by atoms with Crippen molar-refractivity contribution in [2.24, 2.45) is 0 Å². The highest BCUT2D eigenvalue weighted by Gasteiger charge is 2.29. The van der Waals surface area contributed by atoms with Gasteiger partial charge in [0.05, 0.1) is 22.7 Å². The maximum atomic E-state index is 14.2. The summed E-state index contributed by atoms with van der Waals surface area (Å²) in [6, 6.07) is 34.6. The first-order chi connectivity index (χ1) is 25.4. The molecule has 14 nitrogen and oxygen atoms in total. The van der Waals surface area contributed by atoms with Crippen molar-refractivity contribution in [3.8, 4) is 22.7 Å². The number of hydrogen-bond acceptors (Lipinski definition) is 10. The number of fused-ring (bicyclic) bond motifs is 2. The predicted molar refractivity (Wildman–Crippen MR) is 198 cm³/mol. The van der Waals surface area contributed by atoms with Gasteiger partial charge in [-0.2, -0.15) is 19.3 Å². The van der Waals surface area contributed by atoms with E-state index in [4.69, 9.17) is 9.97 Å². The van der Waals surface area contributed by atoms with Gasteiger partial charge in [0.15, 0.2) is 22.3 Å². The van der Waals surface area contributed by atoms with Crippen LogP contribution >= 0.6 is 0 Å². The first kappa shape index (κ1) is 31.1. The summed E-state index contributed by atoms with van der Waals surface area (Å²) >= 11 is 0. The molecule has 1 saturated heterocycles. The van der Waals surface area contributed by atoms with Gasteiger partial charge >= 0.3 is 0 Å². The fourth-order valence-corrected chi connectivity index (χ4v) is 6.58. The Kier molecular flexibility index (Phi) is 7.42. The van der Waals surface area contributed by atoms with E-state index in [1.54, 1.807) is 18.5 Å². The molecule has 0 N–H and O–H groups in total. The van der Waals surface area contributed by atoms with Gasteiger partial charge in [-0.1, -0.05) is 82.2 Å². The summed E-state index contributed by atoms with van der Waals surface area (Å²) in [6.45, 7) is 5.93. The lowest BCUT2D eigenvalue weighted by Gasteiger charge is -2.37. The molecule has 256 valence electrons. The van der Waals surface area contributed by atoms with E-state index in [-0.39, 0.29) is 22.2 Å². The molecule has 1 fully saturated rings. The van der Waals surface area contributed by atoms with E-state index < -0.39 is 0 Å². The number of aromatic nitrogens is 10. The molecule has 0 spiro atoms. The van der Waals surface area contributed by atoms with Gasteiger partial charge in [-0.15, -0.1) is 10.2 Å². The van der Waals surface area contributed by atoms with Gasteiger partial charge in [0.25, 0.3) is 11.1 Å². The number of hydrogen-bond donors (Lipinski definition) is 0. The Morgan fingerprint density at radius 1 is 0.462 bits per heavy atom. The summed E-state index contributed by atoms with van der Waals surface area (Å²) in [5, 5.41) is 17.2. The number of anilines is 2. The molecular weight excluding hydrogens is 656 g/mol. The van der Waals surface area contributed by atoms with Gasteiger partial charge < -0.3 is 9.80 Å². The van der Waals surface area contributed by atoms with Gasteiger partial charge in [-0.25, -0.2) is 9.13 Å². The normalized spacial score (nSPS) is 13.3. The quantitative estimate of drug-likeness (QED) is 0.250. The molecule has 52 heavy (non-hydrogen) atoms. The van der Waals surface area contributed by atoms with Gasteiger partial charge in [-0.3, -0.25) is 9.59 Å². The zero-order valence-electron chi connectivity index (χ0n) is 28.4. The average molecular weight is 689 g/mol. The van der Waals surface area contributed by atoms with E-state index >= 15 is 0 Å². The van der Waals surface area contributed by atoms with E-state index in [9.17, 15) is 9.59 Å². The fraction of sp³-hybridized carbons (Fsp3) is 0.158. The smallest absolute Gasteiger partial charge is 0.289 e. The second kappa shape index (κ2) is 12.4. The van der Waals surface area contributed by atoms with Crippen molar-refractivity contribution >= 4 is 34.2 Å². The SMILES string of the molecule is Cc1ccc(-n2c(N3CCN(c4nc5c(nnn5-c5ccccc5)c(=O)n4-c4ccc(C)cc4)CC3)nc3c(nnn3-c3ccccc3)c2=O)cc1. The van der Waals surface area contributed by atoms with Crippen LogP contribution in [0.15, 0.2) is 119 Å². The fourth-order valence-electron chi connectivity index (χ4n) is 6.58. The Balaban J connectivity index is 1.15. The van der Waals surface area contributed by atoms with Gasteiger partial charge in [0.1, 0.15) is 0 Å².